The third-order valence-corrected chi connectivity index (χ3v) is 8.45. The van der Waals surface area contributed by atoms with E-state index < -0.39 is 10.0 Å². The molecule has 5 nitrogen and oxygen atoms in total. The molecule has 0 spiro atoms. The van der Waals surface area contributed by atoms with Crippen molar-refractivity contribution in [2.45, 2.75) is 18.4 Å². The van der Waals surface area contributed by atoms with Crippen molar-refractivity contribution in [3.63, 3.8) is 0 Å². The number of carbonyl (C=O) groups excluding carboxylic acids is 1. The van der Waals surface area contributed by atoms with E-state index in [9.17, 15) is 17.6 Å². The lowest BCUT2D eigenvalue weighted by Gasteiger charge is -2.09. The number of amides is 1. The monoisotopic (exact) mass is 504 g/mol. The molecule has 0 bridgehead atoms. The number of aromatic nitrogens is 1. The van der Waals surface area contributed by atoms with Crippen LogP contribution in [0.5, 0.6) is 0 Å². The van der Waals surface area contributed by atoms with E-state index in [0.29, 0.717) is 11.1 Å². The van der Waals surface area contributed by atoms with Crippen molar-refractivity contribution in [1.29, 1.82) is 0 Å². The Bertz CT molecular complexity index is 1630. The number of carbonyl (C=O) groups is 1. The number of thiophene rings is 1. The molecule has 3 aromatic carbocycles. The van der Waals surface area contributed by atoms with Crippen LogP contribution in [0.25, 0.3) is 21.3 Å². The van der Waals surface area contributed by atoms with Gasteiger partial charge in [-0.3, -0.25) is 4.79 Å². The first kappa shape index (κ1) is 23.0. The van der Waals surface area contributed by atoms with E-state index in [4.69, 9.17) is 0 Å². The fourth-order valence-electron chi connectivity index (χ4n) is 3.90. The third-order valence-electron chi connectivity index (χ3n) is 5.72. The smallest absolute Gasteiger partial charge is 0.268 e. The zero-order valence-corrected chi connectivity index (χ0v) is 20.4. The summed E-state index contributed by atoms with van der Waals surface area (Å²) in [5, 5.41) is 3.61. The van der Waals surface area contributed by atoms with Gasteiger partial charge in [-0.05, 0) is 67.1 Å². The summed E-state index contributed by atoms with van der Waals surface area (Å²) in [6, 6.07) is 23.1. The van der Waals surface area contributed by atoms with Crippen LogP contribution >= 0.6 is 11.3 Å². The maximum absolute atomic E-state index is 13.6. The molecule has 35 heavy (non-hydrogen) atoms. The summed E-state index contributed by atoms with van der Waals surface area (Å²) in [7, 11) is -3.89. The first-order valence-corrected chi connectivity index (χ1v) is 13.1. The van der Waals surface area contributed by atoms with Gasteiger partial charge in [0.1, 0.15) is 5.82 Å². The molecule has 176 valence electrons. The molecule has 1 amide bonds. The van der Waals surface area contributed by atoms with Gasteiger partial charge >= 0.3 is 0 Å². The molecule has 1 N–H and O–H groups in total. The van der Waals surface area contributed by atoms with Crippen molar-refractivity contribution in [2.75, 3.05) is 0 Å². The molecular formula is C27H21FN2O3S2. The zero-order chi connectivity index (χ0) is 24.6. The fourth-order valence-corrected chi connectivity index (χ4v) is 6.16. The molecule has 0 aliphatic carbocycles. The molecule has 5 aromatic rings. The normalized spacial score (nSPS) is 11.6. The lowest BCUT2D eigenvalue weighted by molar-refractivity contribution is 0.0951. The number of nitrogens with zero attached hydrogens (tertiary/aromatic N) is 1. The fraction of sp³-hybridized carbons (Fsp3) is 0.0741. The highest BCUT2D eigenvalue weighted by atomic mass is 32.2. The molecule has 0 fully saturated rings. The minimum Gasteiger partial charge on any atom is -0.348 e. The first-order chi connectivity index (χ1) is 16.8. The number of fused-ring (bicyclic) bond motifs is 1. The van der Waals surface area contributed by atoms with Crippen LogP contribution in [0.2, 0.25) is 0 Å². The summed E-state index contributed by atoms with van der Waals surface area (Å²) in [4.78, 5) is 14.7. The number of hydrogen-bond acceptors (Lipinski definition) is 4. The Labute approximate surface area is 206 Å². The summed E-state index contributed by atoms with van der Waals surface area (Å²) in [6.45, 7) is 2.25. The molecule has 8 heteroatoms. The average Bonchev–Trinajstić information content (AvgIpc) is 3.47. The molecule has 0 radical (unpaired) electrons. The van der Waals surface area contributed by atoms with Gasteiger partial charge in [0.25, 0.3) is 15.9 Å². The number of nitrogens with one attached hydrogen (secondary N) is 1. The lowest BCUT2D eigenvalue weighted by Crippen LogP contribution is -2.22. The summed E-state index contributed by atoms with van der Waals surface area (Å²) in [5.41, 5.74) is 2.54. The number of para-hydroxylation sites is 1. The predicted octanol–water partition coefficient (Wildman–Crippen LogP) is 5.98. The Morgan fingerprint density at radius 3 is 2.34 bits per heavy atom. The molecule has 0 aliphatic heterocycles. The predicted molar refractivity (Wildman–Crippen MR) is 137 cm³/mol. The highest BCUT2D eigenvalue weighted by Crippen LogP contribution is 2.36. The van der Waals surface area contributed by atoms with E-state index >= 15 is 0 Å². The Hall–Kier alpha value is -3.75. The maximum atomic E-state index is 13.6. The van der Waals surface area contributed by atoms with E-state index in [1.807, 2.05) is 37.3 Å². The van der Waals surface area contributed by atoms with Gasteiger partial charge in [0.15, 0.2) is 0 Å². The van der Waals surface area contributed by atoms with Crippen LogP contribution in [0.4, 0.5) is 4.39 Å². The van der Waals surface area contributed by atoms with Gasteiger partial charge in [0, 0.05) is 39.0 Å². The number of halogens is 1. The van der Waals surface area contributed by atoms with Crippen LogP contribution in [0.1, 0.15) is 20.8 Å². The summed E-state index contributed by atoms with van der Waals surface area (Å²) in [5.74, 6) is -0.690. The summed E-state index contributed by atoms with van der Waals surface area (Å²) >= 11 is 1.61. The average molecular weight is 505 g/mol. The second kappa shape index (κ2) is 9.13. The van der Waals surface area contributed by atoms with Gasteiger partial charge in [0.05, 0.1) is 10.4 Å². The SMILES string of the molecule is Cc1ccc(-c2cn(S(=O)(=O)c3ccc(C(=O)NCc4ccc(F)cc4)cc3)c3ccccc23)s1. The second-order valence-electron chi connectivity index (χ2n) is 8.10. The van der Waals surface area contributed by atoms with Crippen molar-refractivity contribution in [3.8, 4) is 10.4 Å². The molecule has 0 saturated heterocycles. The van der Waals surface area contributed by atoms with Gasteiger partial charge in [0.2, 0.25) is 0 Å². The van der Waals surface area contributed by atoms with Gasteiger partial charge in [-0.25, -0.2) is 16.8 Å². The Morgan fingerprint density at radius 1 is 0.943 bits per heavy atom. The van der Waals surface area contributed by atoms with Crippen LogP contribution in [0, 0.1) is 12.7 Å². The van der Waals surface area contributed by atoms with E-state index in [-0.39, 0.29) is 23.2 Å². The molecule has 5 rings (SSSR count). The summed E-state index contributed by atoms with van der Waals surface area (Å²) < 4.78 is 41.5. The quantitative estimate of drug-likeness (QED) is 0.309. The van der Waals surface area contributed by atoms with Crippen molar-refractivity contribution in [3.05, 3.63) is 113 Å². The minimum atomic E-state index is -3.89. The summed E-state index contributed by atoms with van der Waals surface area (Å²) in [6.07, 6.45) is 1.66. The van der Waals surface area contributed by atoms with E-state index in [0.717, 1.165) is 26.3 Å². The molecule has 0 atom stereocenters. The minimum absolute atomic E-state index is 0.0854. The van der Waals surface area contributed by atoms with Crippen molar-refractivity contribution in [2.24, 2.45) is 0 Å². The molecule has 2 heterocycles. The van der Waals surface area contributed by atoms with Gasteiger partial charge < -0.3 is 5.32 Å². The zero-order valence-electron chi connectivity index (χ0n) is 18.7. The number of aryl methyl sites for hydroxylation is 1. The third kappa shape index (κ3) is 4.50. The van der Waals surface area contributed by atoms with Gasteiger partial charge in [-0.15, -0.1) is 11.3 Å². The number of hydrogen-bond donors (Lipinski definition) is 1. The van der Waals surface area contributed by atoms with Crippen LogP contribution in [0.3, 0.4) is 0 Å². The molecular weight excluding hydrogens is 483 g/mol. The topological polar surface area (TPSA) is 68.2 Å². The van der Waals surface area contributed by atoms with Crippen LogP contribution in [-0.2, 0) is 16.6 Å². The first-order valence-electron chi connectivity index (χ1n) is 10.9. The van der Waals surface area contributed by atoms with Crippen LogP contribution in [-0.4, -0.2) is 18.3 Å². The molecule has 2 aromatic heterocycles. The second-order valence-corrected chi connectivity index (χ2v) is 11.2. The highest BCUT2D eigenvalue weighted by molar-refractivity contribution is 7.90. The van der Waals surface area contributed by atoms with E-state index in [1.54, 1.807) is 35.7 Å². The van der Waals surface area contributed by atoms with Crippen molar-refractivity contribution in [1.82, 2.24) is 9.29 Å². The Kier molecular flexibility index (Phi) is 6.00. The van der Waals surface area contributed by atoms with Crippen LogP contribution < -0.4 is 5.32 Å². The van der Waals surface area contributed by atoms with E-state index in [2.05, 4.69) is 5.32 Å². The molecule has 0 saturated carbocycles. The maximum Gasteiger partial charge on any atom is 0.268 e. The molecule has 0 unspecified atom stereocenters. The van der Waals surface area contributed by atoms with Crippen LogP contribution in [0.15, 0.2) is 96.0 Å². The molecule has 0 aliphatic rings. The Morgan fingerprint density at radius 2 is 1.66 bits per heavy atom. The van der Waals surface area contributed by atoms with Gasteiger partial charge in [-0.2, -0.15) is 0 Å². The van der Waals surface area contributed by atoms with E-state index in [1.165, 1.54) is 40.4 Å². The number of rotatable bonds is 6. The largest absolute Gasteiger partial charge is 0.348 e. The lowest BCUT2D eigenvalue weighted by atomic mass is 10.1. The van der Waals surface area contributed by atoms with Crippen molar-refractivity contribution >= 4 is 38.2 Å². The standard InChI is InChI=1S/C27H21FN2O3S2/c1-18-6-15-26(34-18)24-17-30(25-5-3-2-4-23(24)25)35(32,33)22-13-9-20(10-14-22)27(31)29-16-19-7-11-21(28)12-8-19/h2-15,17H,16H2,1H3,(H,29,31). The van der Waals surface area contributed by atoms with Crippen molar-refractivity contribution < 1.29 is 17.6 Å². The highest BCUT2D eigenvalue weighted by Gasteiger charge is 2.22. The number of benzene rings is 3. The van der Waals surface area contributed by atoms with Gasteiger partial charge in [-0.1, -0.05) is 30.3 Å². The Balaban J connectivity index is 1.42.